The standard InChI is InChI=1S/C14H28N4/c1-2-5-14-13(4-1)12-17-9-8-15-6-3-7-16-10-11-18-14/h13,15-17H,1-12H2. The molecule has 0 saturated heterocycles. The van der Waals surface area contributed by atoms with E-state index in [1.165, 1.54) is 37.8 Å². The van der Waals surface area contributed by atoms with Gasteiger partial charge in [0, 0.05) is 37.8 Å². The van der Waals surface area contributed by atoms with E-state index < -0.39 is 0 Å². The van der Waals surface area contributed by atoms with E-state index in [-0.39, 0.29) is 0 Å². The molecule has 0 spiro atoms. The second-order valence-electron chi connectivity index (χ2n) is 5.37. The van der Waals surface area contributed by atoms with E-state index in [1.54, 1.807) is 0 Å². The van der Waals surface area contributed by atoms with Crippen molar-refractivity contribution in [3.8, 4) is 0 Å². The lowest BCUT2D eigenvalue weighted by molar-refractivity contribution is 0.478. The number of fused-ring (bicyclic) bond motifs is 1. The van der Waals surface area contributed by atoms with Crippen LogP contribution >= 0.6 is 0 Å². The smallest absolute Gasteiger partial charge is 0.0513 e. The highest BCUT2D eigenvalue weighted by Gasteiger charge is 2.19. The summed E-state index contributed by atoms with van der Waals surface area (Å²) >= 11 is 0. The van der Waals surface area contributed by atoms with E-state index in [4.69, 9.17) is 4.99 Å². The summed E-state index contributed by atoms with van der Waals surface area (Å²) in [4.78, 5) is 4.83. The maximum atomic E-state index is 4.83. The van der Waals surface area contributed by atoms with Crippen molar-refractivity contribution in [2.45, 2.75) is 32.1 Å². The van der Waals surface area contributed by atoms with Crippen LogP contribution in [0, 0.1) is 5.92 Å². The fourth-order valence-electron chi connectivity index (χ4n) is 2.82. The Kier molecular flexibility index (Phi) is 6.69. The molecule has 1 atom stereocenters. The van der Waals surface area contributed by atoms with Gasteiger partial charge in [-0.15, -0.1) is 0 Å². The van der Waals surface area contributed by atoms with Crippen molar-refractivity contribution in [2.24, 2.45) is 10.9 Å². The van der Waals surface area contributed by atoms with Crippen LogP contribution in [0.4, 0.5) is 0 Å². The van der Waals surface area contributed by atoms with Crippen LogP contribution in [-0.4, -0.2) is 51.5 Å². The average Bonchev–Trinajstić information content (AvgIpc) is 2.41. The minimum Gasteiger partial charge on any atom is -0.315 e. The van der Waals surface area contributed by atoms with E-state index >= 15 is 0 Å². The first-order chi connectivity index (χ1) is 8.97. The summed E-state index contributed by atoms with van der Waals surface area (Å²) in [5.74, 6) is 0.696. The van der Waals surface area contributed by atoms with Crippen LogP contribution in [0.5, 0.6) is 0 Å². The second kappa shape index (κ2) is 8.62. The molecule has 4 nitrogen and oxygen atoms in total. The first kappa shape index (κ1) is 14.0. The molecule has 0 radical (unpaired) electrons. The van der Waals surface area contributed by atoms with Gasteiger partial charge in [-0.1, -0.05) is 6.42 Å². The summed E-state index contributed by atoms with van der Waals surface area (Å²) in [6.45, 7) is 7.49. The Labute approximate surface area is 111 Å². The maximum Gasteiger partial charge on any atom is 0.0513 e. The largest absolute Gasteiger partial charge is 0.315 e. The van der Waals surface area contributed by atoms with Gasteiger partial charge in [0.25, 0.3) is 0 Å². The van der Waals surface area contributed by atoms with Gasteiger partial charge < -0.3 is 16.0 Å². The lowest BCUT2D eigenvalue weighted by atomic mass is 9.87. The van der Waals surface area contributed by atoms with Gasteiger partial charge in [0.05, 0.1) is 6.54 Å². The molecule has 2 rings (SSSR count). The molecule has 0 amide bonds. The molecule has 0 aromatic rings. The Bertz CT molecular complexity index is 252. The Morgan fingerprint density at radius 2 is 1.67 bits per heavy atom. The second-order valence-corrected chi connectivity index (χ2v) is 5.37. The van der Waals surface area contributed by atoms with Gasteiger partial charge in [0.1, 0.15) is 0 Å². The third kappa shape index (κ3) is 5.04. The third-order valence-electron chi connectivity index (χ3n) is 3.89. The molecule has 2 aliphatic rings. The highest BCUT2D eigenvalue weighted by atomic mass is 15.0. The van der Waals surface area contributed by atoms with Crippen molar-refractivity contribution >= 4 is 5.71 Å². The fourth-order valence-corrected chi connectivity index (χ4v) is 2.82. The molecule has 1 saturated carbocycles. The number of nitrogens with one attached hydrogen (secondary N) is 3. The highest BCUT2D eigenvalue weighted by molar-refractivity contribution is 5.87. The van der Waals surface area contributed by atoms with Crippen LogP contribution in [0.2, 0.25) is 0 Å². The molecule has 0 aromatic heterocycles. The zero-order valence-corrected chi connectivity index (χ0v) is 11.5. The summed E-state index contributed by atoms with van der Waals surface area (Å²) in [6.07, 6.45) is 6.47. The summed E-state index contributed by atoms with van der Waals surface area (Å²) < 4.78 is 0. The van der Waals surface area contributed by atoms with Gasteiger partial charge >= 0.3 is 0 Å². The lowest BCUT2D eigenvalue weighted by Gasteiger charge is -2.25. The SMILES string of the molecule is C1CNCCN=C2CCCCC2CNCCNC1. The van der Waals surface area contributed by atoms with Crippen molar-refractivity contribution in [2.75, 3.05) is 45.8 Å². The summed E-state index contributed by atoms with van der Waals surface area (Å²) in [5.41, 5.74) is 1.47. The molecule has 4 heteroatoms. The lowest BCUT2D eigenvalue weighted by Crippen LogP contribution is -2.36. The topological polar surface area (TPSA) is 48.5 Å². The zero-order chi connectivity index (χ0) is 12.5. The van der Waals surface area contributed by atoms with Crippen LogP contribution in [0.3, 0.4) is 0 Å². The van der Waals surface area contributed by atoms with Crippen molar-refractivity contribution in [1.29, 1.82) is 0 Å². The van der Waals surface area contributed by atoms with Crippen LogP contribution < -0.4 is 16.0 Å². The molecule has 0 bridgehead atoms. The minimum absolute atomic E-state index is 0.696. The van der Waals surface area contributed by atoms with Crippen LogP contribution in [0.25, 0.3) is 0 Å². The molecular formula is C14H28N4. The summed E-state index contributed by atoms with van der Waals surface area (Å²) in [6, 6.07) is 0. The van der Waals surface area contributed by atoms with E-state index in [9.17, 15) is 0 Å². The van der Waals surface area contributed by atoms with E-state index in [0.717, 1.165) is 45.8 Å². The third-order valence-corrected chi connectivity index (χ3v) is 3.89. The molecule has 1 aliphatic heterocycles. The Morgan fingerprint density at radius 3 is 2.61 bits per heavy atom. The van der Waals surface area contributed by atoms with Gasteiger partial charge in [-0.05, 0) is 38.8 Å². The van der Waals surface area contributed by atoms with E-state index in [2.05, 4.69) is 16.0 Å². The minimum atomic E-state index is 0.696. The first-order valence-corrected chi connectivity index (χ1v) is 7.62. The first-order valence-electron chi connectivity index (χ1n) is 7.62. The van der Waals surface area contributed by atoms with Gasteiger partial charge in [-0.2, -0.15) is 0 Å². The number of rotatable bonds is 0. The molecular weight excluding hydrogens is 224 g/mol. The van der Waals surface area contributed by atoms with Gasteiger partial charge in [0.15, 0.2) is 0 Å². The van der Waals surface area contributed by atoms with Crippen molar-refractivity contribution < 1.29 is 0 Å². The predicted octanol–water partition coefficient (Wildman–Crippen LogP) is 0.790. The quantitative estimate of drug-likeness (QED) is 0.597. The van der Waals surface area contributed by atoms with Gasteiger partial charge in [-0.25, -0.2) is 0 Å². The van der Waals surface area contributed by atoms with Crippen molar-refractivity contribution in [1.82, 2.24) is 16.0 Å². The maximum absolute atomic E-state index is 4.83. The monoisotopic (exact) mass is 252 g/mol. The van der Waals surface area contributed by atoms with Crippen LogP contribution in [-0.2, 0) is 0 Å². The predicted molar refractivity (Wildman–Crippen MR) is 77.5 cm³/mol. The van der Waals surface area contributed by atoms with Crippen molar-refractivity contribution in [3.63, 3.8) is 0 Å². The van der Waals surface area contributed by atoms with Crippen LogP contribution in [0.15, 0.2) is 4.99 Å². The zero-order valence-electron chi connectivity index (χ0n) is 11.5. The number of nitrogens with zero attached hydrogens (tertiary/aromatic N) is 1. The normalized spacial score (nSPS) is 28.9. The van der Waals surface area contributed by atoms with Crippen molar-refractivity contribution in [3.05, 3.63) is 0 Å². The molecule has 1 unspecified atom stereocenters. The Morgan fingerprint density at radius 1 is 0.833 bits per heavy atom. The molecule has 3 N–H and O–H groups in total. The molecule has 1 heterocycles. The van der Waals surface area contributed by atoms with Gasteiger partial charge in [0.2, 0.25) is 0 Å². The van der Waals surface area contributed by atoms with Gasteiger partial charge in [-0.3, -0.25) is 4.99 Å². The van der Waals surface area contributed by atoms with E-state index in [1.807, 2.05) is 0 Å². The molecule has 104 valence electrons. The Balaban J connectivity index is 1.84. The van der Waals surface area contributed by atoms with E-state index in [0.29, 0.717) is 5.92 Å². The Hall–Kier alpha value is -0.450. The number of hydrogen-bond acceptors (Lipinski definition) is 4. The number of hydrogen-bond donors (Lipinski definition) is 3. The molecule has 1 fully saturated rings. The van der Waals surface area contributed by atoms with Crippen LogP contribution in [0.1, 0.15) is 32.1 Å². The molecule has 0 aromatic carbocycles. The molecule has 18 heavy (non-hydrogen) atoms. The highest BCUT2D eigenvalue weighted by Crippen LogP contribution is 2.21. The molecule has 1 aliphatic carbocycles. The summed E-state index contributed by atoms with van der Waals surface area (Å²) in [7, 11) is 0. The average molecular weight is 252 g/mol. The summed E-state index contributed by atoms with van der Waals surface area (Å²) in [5, 5.41) is 10.5. The number of aliphatic imine (C=N–C) groups is 1. The fraction of sp³-hybridized carbons (Fsp3) is 0.929.